The number of aryl methyl sites for hydroxylation is 2. The van der Waals surface area contributed by atoms with Gasteiger partial charge in [-0.3, -0.25) is 9.67 Å². The molecule has 2 aromatic heterocycles. The van der Waals surface area contributed by atoms with Crippen molar-refractivity contribution in [3.63, 3.8) is 0 Å². The Bertz CT molecular complexity index is 704. The van der Waals surface area contributed by atoms with Crippen molar-refractivity contribution in [2.75, 3.05) is 18.0 Å². The lowest BCUT2D eigenvalue weighted by Crippen LogP contribution is -2.34. The van der Waals surface area contributed by atoms with Crippen LogP contribution in [0, 0.1) is 18.3 Å². The Balaban J connectivity index is 1.73. The van der Waals surface area contributed by atoms with E-state index in [4.69, 9.17) is 0 Å². The normalized spacial score (nSPS) is 15.6. The van der Waals surface area contributed by atoms with Gasteiger partial charge in [-0.2, -0.15) is 10.4 Å². The molecular weight excluding hydrogens is 286 g/mol. The maximum Gasteiger partial charge on any atom is 0.103 e. The molecule has 1 aliphatic heterocycles. The first kappa shape index (κ1) is 15.5. The summed E-state index contributed by atoms with van der Waals surface area (Å²) in [6.45, 7) is 7.09. The van der Waals surface area contributed by atoms with Gasteiger partial charge in [0.25, 0.3) is 0 Å². The van der Waals surface area contributed by atoms with Crippen molar-refractivity contribution in [2.45, 2.75) is 45.6 Å². The zero-order chi connectivity index (χ0) is 16.2. The van der Waals surface area contributed by atoms with Gasteiger partial charge in [-0.15, -0.1) is 0 Å². The summed E-state index contributed by atoms with van der Waals surface area (Å²) in [6.07, 6.45) is 6.91. The van der Waals surface area contributed by atoms with Crippen LogP contribution in [0.3, 0.4) is 0 Å². The minimum Gasteiger partial charge on any atom is -0.370 e. The van der Waals surface area contributed by atoms with Gasteiger partial charge in [-0.1, -0.05) is 6.92 Å². The summed E-state index contributed by atoms with van der Waals surface area (Å²) in [4.78, 5) is 6.56. The van der Waals surface area contributed by atoms with E-state index in [1.165, 1.54) is 5.69 Å². The summed E-state index contributed by atoms with van der Waals surface area (Å²) in [5, 5.41) is 13.8. The van der Waals surface area contributed by atoms with Gasteiger partial charge in [0, 0.05) is 49.3 Å². The first-order valence-corrected chi connectivity index (χ1v) is 8.36. The molecule has 3 rings (SSSR count). The Morgan fingerprint density at radius 1 is 1.35 bits per heavy atom. The van der Waals surface area contributed by atoms with E-state index in [1.54, 1.807) is 6.20 Å². The lowest BCUT2D eigenvalue weighted by atomic mass is 9.92. The van der Waals surface area contributed by atoms with E-state index in [1.807, 2.05) is 19.2 Å². The van der Waals surface area contributed by atoms with Gasteiger partial charge in [0.2, 0.25) is 0 Å². The standard InChI is InChI=1S/C18H23N5/c1-3-8-23-17(4-7-21-23)15-5-9-22(10-6-15)18-11-14(2)20-13-16(18)12-19/h4,7,11,13,15H,3,5-6,8-10H2,1-2H3. The van der Waals surface area contributed by atoms with Gasteiger partial charge in [-0.25, -0.2) is 0 Å². The Labute approximate surface area is 137 Å². The first-order valence-electron chi connectivity index (χ1n) is 8.36. The molecule has 0 aliphatic carbocycles. The van der Waals surface area contributed by atoms with Gasteiger partial charge in [-0.05, 0) is 38.3 Å². The lowest BCUT2D eigenvalue weighted by molar-refractivity contribution is 0.458. The maximum atomic E-state index is 9.31. The van der Waals surface area contributed by atoms with E-state index in [0.29, 0.717) is 11.5 Å². The lowest BCUT2D eigenvalue weighted by Gasteiger charge is -2.34. The minimum atomic E-state index is 0.564. The van der Waals surface area contributed by atoms with Crippen molar-refractivity contribution in [2.24, 2.45) is 0 Å². The number of hydrogen-bond donors (Lipinski definition) is 0. The smallest absolute Gasteiger partial charge is 0.103 e. The Hall–Kier alpha value is -2.35. The molecule has 0 bridgehead atoms. The fourth-order valence-electron chi connectivity index (χ4n) is 3.40. The van der Waals surface area contributed by atoms with Gasteiger partial charge >= 0.3 is 0 Å². The third-order valence-corrected chi connectivity index (χ3v) is 4.58. The van der Waals surface area contributed by atoms with Gasteiger partial charge in [0.1, 0.15) is 6.07 Å². The fraction of sp³-hybridized carbons (Fsp3) is 0.500. The summed E-state index contributed by atoms with van der Waals surface area (Å²) in [5.41, 5.74) is 4.02. The fourth-order valence-corrected chi connectivity index (χ4v) is 3.40. The molecule has 0 saturated carbocycles. The molecule has 5 heteroatoms. The molecule has 0 spiro atoms. The highest BCUT2D eigenvalue weighted by molar-refractivity contribution is 5.59. The second-order valence-electron chi connectivity index (χ2n) is 6.20. The van der Waals surface area contributed by atoms with E-state index in [-0.39, 0.29) is 0 Å². The highest BCUT2D eigenvalue weighted by Gasteiger charge is 2.24. The average molecular weight is 309 g/mol. The van der Waals surface area contributed by atoms with Crippen molar-refractivity contribution in [1.29, 1.82) is 5.26 Å². The van der Waals surface area contributed by atoms with Crippen molar-refractivity contribution in [3.8, 4) is 6.07 Å². The Morgan fingerprint density at radius 3 is 2.83 bits per heavy atom. The number of rotatable bonds is 4. The van der Waals surface area contributed by atoms with Crippen LogP contribution < -0.4 is 4.90 Å². The molecule has 1 fully saturated rings. The number of aromatic nitrogens is 3. The summed E-state index contributed by atoms with van der Waals surface area (Å²) in [7, 11) is 0. The summed E-state index contributed by atoms with van der Waals surface area (Å²) in [5.74, 6) is 0.564. The SMILES string of the molecule is CCCn1nccc1C1CCN(c2cc(C)ncc2C#N)CC1. The van der Waals surface area contributed by atoms with Crippen molar-refractivity contribution in [3.05, 3.63) is 41.5 Å². The maximum absolute atomic E-state index is 9.31. The minimum absolute atomic E-state index is 0.564. The molecule has 0 radical (unpaired) electrons. The molecule has 120 valence electrons. The zero-order valence-corrected chi connectivity index (χ0v) is 13.9. The quantitative estimate of drug-likeness (QED) is 0.870. The molecule has 1 aliphatic rings. The van der Waals surface area contributed by atoms with E-state index < -0.39 is 0 Å². The molecule has 2 aromatic rings. The number of nitrogens with zero attached hydrogens (tertiary/aromatic N) is 5. The summed E-state index contributed by atoms with van der Waals surface area (Å²) >= 11 is 0. The van der Waals surface area contributed by atoms with Crippen LogP contribution in [0.25, 0.3) is 0 Å². The van der Waals surface area contributed by atoms with Crippen LogP contribution in [0.4, 0.5) is 5.69 Å². The predicted molar refractivity (Wildman–Crippen MR) is 90.4 cm³/mol. The summed E-state index contributed by atoms with van der Waals surface area (Å²) in [6, 6.07) is 6.45. The molecule has 0 aromatic carbocycles. The molecule has 5 nitrogen and oxygen atoms in total. The third kappa shape index (κ3) is 3.21. The topological polar surface area (TPSA) is 57.7 Å². The second kappa shape index (κ2) is 6.82. The number of nitriles is 1. The van der Waals surface area contributed by atoms with Crippen LogP contribution in [0.2, 0.25) is 0 Å². The molecule has 0 atom stereocenters. The number of piperidine rings is 1. The molecule has 0 N–H and O–H groups in total. The number of anilines is 1. The molecule has 0 amide bonds. The van der Waals surface area contributed by atoms with Crippen molar-refractivity contribution < 1.29 is 0 Å². The predicted octanol–water partition coefficient (Wildman–Crippen LogP) is 3.25. The Kier molecular flexibility index (Phi) is 4.61. The van der Waals surface area contributed by atoms with E-state index in [0.717, 1.165) is 50.3 Å². The van der Waals surface area contributed by atoms with Crippen LogP contribution in [0.1, 0.15) is 49.1 Å². The van der Waals surface area contributed by atoms with Gasteiger partial charge in [0.05, 0.1) is 11.3 Å². The summed E-state index contributed by atoms with van der Waals surface area (Å²) < 4.78 is 2.15. The van der Waals surface area contributed by atoms with Crippen molar-refractivity contribution >= 4 is 5.69 Å². The van der Waals surface area contributed by atoms with E-state index >= 15 is 0 Å². The number of pyridine rings is 1. The highest BCUT2D eigenvalue weighted by atomic mass is 15.3. The van der Waals surface area contributed by atoms with Crippen LogP contribution in [0.15, 0.2) is 24.5 Å². The highest BCUT2D eigenvalue weighted by Crippen LogP contribution is 2.31. The van der Waals surface area contributed by atoms with E-state index in [2.05, 4.69) is 38.7 Å². The number of hydrogen-bond acceptors (Lipinski definition) is 4. The molecule has 23 heavy (non-hydrogen) atoms. The van der Waals surface area contributed by atoms with Crippen LogP contribution >= 0.6 is 0 Å². The Morgan fingerprint density at radius 2 is 2.13 bits per heavy atom. The zero-order valence-electron chi connectivity index (χ0n) is 13.9. The van der Waals surface area contributed by atoms with Crippen LogP contribution in [-0.2, 0) is 6.54 Å². The first-order chi connectivity index (χ1) is 11.2. The molecule has 0 unspecified atom stereocenters. The average Bonchev–Trinajstić information content (AvgIpc) is 3.04. The molecule has 1 saturated heterocycles. The molecular formula is C18H23N5. The van der Waals surface area contributed by atoms with Crippen molar-refractivity contribution in [1.82, 2.24) is 14.8 Å². The largest absolute Gasteiger partial charge is 0.370 e. The van der Waals surface area contributed by atoms with Crippen LogP contribution in [-0.4, -0.2) is 27.9 Å². The van der Waals surface area contributed by atoms with Gasteiger partial charge in [0.15, 0.2) is 0 Å². The van der Waals surface area contributed by atoms with Crippen LogP contribution in [0.5, 0.6) is 0 Å². The monoisotopic (exact) mass is 309 g/mol. The van der Waals surface area contributed by atoms with Gasteiger partial charge < -0.3 is 4.90 Å². The second-order valence-corrected chi connectivity index (χ2v) is 6.20. The molecule has 3 heterocycles. The third-order valence-electron chi connectivity index (χ3n) is 4.58. The van der Waals surface area contributed by atoms with E-state index in [9.17, 15) is 5.26 Å².